The maximum absolute atomic E-state index is 12.2. The predicted molar refractivity (Wildman–Crippen MR) is 94.7 cm³/mol. The van der Waals surface area contributed by atoms with E-state index < -0.39 is 0 Å². The Morgan fingerprint density at radius 3 is 2.58 bits per heavy atom. The van der Waals surface area contributed by atoms with Crippen LogP contribution in [-0.2, 0) is 0 Å². The standard InChI is InChI=1S/C18H9BrN4O/c19-14-5-6-16-15(8-14)18(24)23-17(22-16)13(10-21)7-11-1-3-12(9-20)4-2-11/h1-8H,(H,22,23,24)/b13-7+. The summed E-state index contributed by atoms with van der Waals surface area (Å²) in [5.74, 6) is 0.210. The van der Waals surface area contributed by atoms with E-state index in [1.807, 2.05) is 6.07 Å². The minimum atomic E-state index is -0.308. The van der Waals surface area contributed by atoms with Gasteiger partial charge in [0.25, 0.3) is 5.56 Å². The number of hydrogen-bond acceptors (Lipinski definition) is 4. The summed E-state index contributed by atoms with van der Waals surface area (Å²) in [6.07, 6.45) is 1.62. The molecule has 6 heteroatoms. The highest BCUT2D eigenvalue weighted by molar-refractivity contribution is 9.10. The lowest BCUT2D eigenvalue weighted by atomic mass is 10.1. The third kappa shape index (κ3) is 3.10. The highest BCUT2D eigenvalue weighted by atomic mass is 79.9. The molecule has 0 bridgehead atoms. The van der Waals surface area contributed by atoms with Crippen LogP contribution in [0, 0.1) is 22.7 Å². The topological polar surface area (TPSA) is 93.3 Å². The molecule has 24 heavy (non-hydrogen) atoms. The molecular weight excluding hydrogens is 368 g/mol. The zero-order chi connectivity index (χ0) is 17.1. The number of nitriles is 2. The van der Waals surface area contributed by atoms with Gasteiger partial charge in [0.15, 0.2) is 5.82 Å². The number of allylic oxidation sites excluding steroid dienone is 1. The van der Waals surface area contributed by atoms with Gasteiger partial charge in [-0.3, -0.25) is 4.79 Å². The van der Waals surface area contributed by atoms with Gasteiger partial charge in [-0.15, -0.1) is 0 Å². The molecule has 0 spiro atoms. The molecule has 0 radical (unpaired) electrons. The fourth-order valence-electron chi connectivity index (χ4n) is 2.21. The molecule has 2 aromatic carbocycles. The number of hydrogen-bond donors (Lipinski definition) is 1. The molecule has 3 rings (SSSR count). The monoisotopic (exact) mass is 376 g/mol. The summed E-state index contributed by atoms with van der Waals surface area (Å²) in [6.45, 7) is 0. The Hall–Kier alpha value is -3.22. The second kappa shape index (κ2) is 6.49. The van der Waals surface area contributed by atoms with Crippen LogP contribution in [0.15, 0.2) is 51.7 Å². The molecule has 1 aromatic heterocycles. The summed E-state index contributed by atoms with van der Waals surface area (Å²) in [6, 6.07) is 16.1. The Kier molecular flexibility index (Phi) is 4.24. The van der Waals surface area contributed by atoms with Gasteiger partial charge < -0.3 is 4.98 Å². The first kappa shape index (κ1) is 15.7. The first-order valence-electron chi connectivity index (χ1n) is 6.92. The lowest BCUT2D eigenvalue weighted by Crippen LogP contribution is -2.11. The largest absolute Gasteiger partial charge is 0.305 e. The van der Waals surface area contributed by atoms with Crippen LogP contribution < -0.4 is 5.56 Å². The Morgan fingerprint density at radius 1 is 1.17 bits per heavy atom. The van der Waals surface area contributed by atoms with Crippen LogP contribution in [-0.4, -0.2) is 9.97 Å². The number of aromatic nitrogens is 2. The summed E-state index contributed by atoms with van der Waals surface area (Å²) in [5, 5.41) is 18.7. The molecule has 0 saturated heterocycles. The molecule has 0 aliphatic heterocycles. The van der Waals surface area contributed by atoms with Crippen molar-refractivity contribution in [3.05, 3.63) is 74.2 Å². The molecule has 0 atom stereocenters. The second-order valence-electron chi connectivity index (χ2n) is 4.98. The summed E-state index contributed by atoms with van der Waals surface area (Å²) in [4.78, 5) is 19.2. The Labute approximate surface area is 145 Å². The van der Waals surface area contributed by atoms with E-state index in [-0.39, 0.29) is 17.0 Å². The van der Waals surface area contributed by atoms with Crippen molar-refractivity contribution in [1.82, 2.24) is 9.97 Å². The fraction of sp³-hybridized carbons (Fsp3) is 0. The zero-order valence-electron chi connectivity index (χ0n) is 12.2. The van der Waals surface area contributed by atoms with E-state index in [0.29, 0.717) is 16.5 Å². The van der Waals surface area contributed by atoms with Gasteiger partial charge >= 0.3 is 0 Å². The smallest absolute Gasteiger partial charge is 0.259 e. The number of H-pyrrole nitrogens is 1. The highest BCUT2D eigenvalue weighted by Gasteiger charge is 2.09. The molecule has 0 saturated carbocycles. The molecular formula is C18H9BrN4O. The van der Waals surface area contributed by atoms with E-state index >= 15 is 0 Å². The Balaban J connectivity index is 2.11. The van der Waals surface area contributed by atoms with Crippen molar-refractivity contribution >= 4 is 38.5 Å². The molecule has 5 nitrogen and oxygen atoms in total. The minimum Gasteiger partial charge on any atom is -0.305 e. The van der Waals surface area contributed by atoms with E-state index in [1.54, 1.807) is 48.5 Å². The second-order valence-corrected chi connectivity index (χ2v) is 5.90. The van der Waals surface area contributed by atoms with Crippen molar-refractivity contribution in [2.24, 2.45) is 0 Å². The SMILES string of the molecule is N#C/C(=C\c1ccc(C#N)cc1)c1nc2ccc(Br)cc2c(=O)[nH]1. The van der Waals surface area contributed by atoms with Crippen molar-refractivity contribution in [2.75, 3.05) is 0 Å². The van der Waals surface area contributed by atoms with Crippen molar-refractivity contribution < 1.29 is 0 Å². The fourth-order valence-corrected chi connectivity index (χ4v) is 2.57. The summed E-state index contributed by atoms with van der Waals surface area (Å²) in [5.41, 5.74) is 1.72. The third-order valence-electron chi connectivity index (χ3n) is 3.39. The van der Waals surface area contributed by atoms with Gasteiger partial charge in [0, 0.05) is 4.47 Å². The number of benzene rings is 2. The minimum absolute atomic E-state index is 0.210. The number of halogens is 1. The Morgan fingerprint density at radius 2 is 1.92 bits per heavy atom. The van der Waals surface area contributed by atoms with Crippen LogP contribution in [0.5, 0.6) is 0 Å². The van der Waals surface area contributed by atoms with E-state index in [4.69, 9.17) is 5.26 Å². The van der Waals surface area contributed by atoms with Crippen LogP contribution in [0.1, 0.15) is 17.0 Å². The van der Waals surface area contributed by atoms with Crippen molar-refractivity contribution in [2.45, 2.75) is 0 Å². The van der Waals surface area contributed by atoms with Crippen molar-refractivity contribution in [3.63, 3.8) is 0 Å². The highest BCUT2D eigenvalue weighted by Crippen LogP contribution is 2.18. The van der Waals surface area contributed by atoms with Gasteiger partial charge in [0.05, 0.1) is 28.1 Å². The van der Waals surface area contributed by atoms with Crippen molar-refractivity contribution in [1.29, 1.82) is 10.5 Å². The average Bonchev–Trinajstić information content (AvgIpc) is 2.60. The van der Waals surface area contributed by atoms with Gasteiger partial charge in [-0.2, -0.15) is 10.5 Å². The lowest BCUT2D eigenvalue weighted by molar-refractivity contribution is 1.13. The molecule has 114 valence electrons. The number of aromatic amines is 1. The van der Waals surface area contributed by atoms with Gasteiger partial charge in [0.2, 0.25) is 0 Å². The summed E-state index contributed by atoms with van der Waals surface area (Å²) >= 11 is 3.32. The van der Waals surface area contributed by atoms with Crippen LogP contribution in [0.3, 0.4) is 0 Å². The molecule has 0 aliphatic carbocycles. The zero-order valence-corrected chi connectivity index (χ0v) is 13.8. The summed E-state index contributed by atoms with van der Waals surface area (Å²) < 4.78 is 0.781. The van der Waals surface area contributed by atoms with E-state index in [2.05, 4.69) is 32.0 Å². The maximum Gasteiger partial charge on any atom is 0.259 e. The predicted octanol–water partition coefficient (Wildman–Crippen LogP) is 3.62. The number of nitrogens with zero attached hydrogens (tertiary/aromatic N) is 3. The van der Waals surface area contributed by atoms with Crippen LogP contribution in [0.4, 0.5) is 0 Å². The summed E-state index contributed by atoms with van der Waals surface area (Å²) in [7, 11) is 0. The number of rotatable bonds is 2. The van der Waals surface area contributed by atoms with Gasteiger partial charge in [-0.05, 0) is 42.0 Å². The normalized spacial score (nSPS) is 11.0. The quantitative estimate of drug-likeness (QED) is 0.691. The molecule has 0 amide bonds. The molecule has 3 aromatic rings. The average molecular weight is 377 g/mol. The molecule has 1 N–H and O–H groups in total. The van der Waals surface area contributed by atoms with Gasteiger partial charge in [-0.25, -0.2) is 4.98 Å². The third-order valence-corrected chi connectivity index (χ3v) is 3.89. The first-order valence-corrected chi connectivity index (χ1v) is 7.72. The molecule has 0 unspecified atom stereocenters. The Bertz CT molecular complexity index is 1100. The van der Waals surface area contributed by atoms with Gasteiger partial charge in [-0.1, -0.05) is 28.1 Å². The maximum atomic E-state index is 12.2. The van der Waals surface area contributed by atoms with E-state index in [1.165, 1.54) is 0 Å². The molecule has 1 heterocycles. The van der Waals surface area contributed by atoms with Crippen LogP contribution >= 0.6 is 15.9 Å². The number of nitrogens with one attached hydrogen (secondary N) is 1. The van der Waals surface area contributed by atoms with Crippen LogP contribution in [0.25, 0.3) is 22.6 Å². The van der Waals surface area contributed by atoms with Crippen LogP contribution in [0.2, 0.25) is 0 Å². The first-order chi connectivity index (χ1) is 11.6. The van der Waals surface area contributed by atoms with Crippen molar-refractivity contribution in [3.8, 4) is 12.1 Å². The molecule has 0 fully saturated rings. The lowest BCUT2D eigenvalue weighted by Gasteiger charge is -2.03. The number of fused-ring (bicyclic) bond motifs is 1. The molecule has 0 aliphatic rings. The van der Waals surface area contributed by atoms with E-state index in [0.717, 1.165) is 10.0 Å². The van der Waals surface area contributed by atoms with E-state index in [9.17, 15) is 10.1 Å². The van der Waals surface area contributed by atoms with Gasteiger partial charge in [0.1, 0.15) is 6.07 Å².